The number of nitro benzene ring substituents is 1. The summed E-state index contributed by atoms with van der Waals surface area (Å²) < 4.78 is 7.66. The van der Waals surface area contributed by atoms with Gasteiger partial charge >= 0.3 is 0 Å². The van der Waals surface area contributed by atoms with Crippen molar-refractivity contribution in [2.24, 2.45) is 0 Å². The first kappa shape index (κ1) is 25.4. The summed E-state index contributed by atoms with van der Waals surface area (Å²) in [7, 11) is 1.52. The third-order valence-electron chi connectivity index (χ3n) is 6.99. The number of ether oxygens (including phenoxy) is 1. The van der Waals surface area contributed by atoms with Crippen molar-refractivity contribution in [2.75, 3.05) is 12.0 Å². The van der Waals surface area contributed by atoms with Gasteiger partial charge in [-0.15, -0.1) is 0 Å². The molecule has 0 bridgehead atoms. The molecule has 1 N–H and O–H groups in total. The molecule has 0 radical (unpaired) electrons. The van der Waals surface area contributed by atoms with Crippen LogP contribution in [0.1, 0.15) is 45.9 Å². The molecule has 3 heterocycles. The number of nitrogens with one attached hydrogen (secondary N) is 1. The van der Waals surface area contributed by atoms with Gasteiger partial charge in [-0.05, 0) is 93.0 Å². The highest BCUT2D eigenvalue weighted by Crippen LogP contribution is 2.44. The van der Waals surface area contributed by atoms with Gasteiger partial charge in [0.2, 0.25) is 0 Å². The lowest BCUT2D eigenvalue weighted by Gasteiger charge is -2.29. The Labute approximate surface area is 227 Å². The van der Waals surface area contributed by atoms with E-state index in [1.54, 1.807) is 12.3 Å². The van der Waals surface area contributed by atoms with Gasteiger partial charge in [0.1, 0.15) is 5.75 Å². The zero-order valence-electron chi connectivity index (χ0n) is 21.9. The number of anilines is 1. The van der Waals surface area contributed by atoms with E-state index < -0.39 is 4.92 Å². The van der Waals surface area contributed by atoms with Gasteiger partial charge in [-0.2, -0.15) is 0 Å². The van der Waals surface area contributed by atoms with Crippen molar-refractivity contribution in [3.8, 4) is 11.4 Å². The molecule has 0 amide bonds. The third-order valence-corrected chi connectivity index (χ3v) is 7.30. The number of pyridine rings is 1. The van der Waals surface area contributed by atoms with Crippen LogP contribution in [0.2, 0.25) is 0 Å². The predicted octanol–water partition coefficient (Wildman–Crippen LogP) is 6.20. The number of aryl methyl sites for hydroxylation is 3. The van der Waals surface area contributed by atoms with Crippen LogP contribution in [0.15, 0.2) is 66.9 Å². The number of aromatic nitrogens is 2. The summed E-state index contributed by atoms with van der Waals surface area (Å²) in [5, 5.41) is 15.5. The molecule has 8 nitrogen and oxygen atoms in total. The molecule has 1 aliphatic heterocycles. The van der Waals surface area contributed by atoms with E-state index in [2.05, 4.69) is 64.8 Å². The van der Waals surface area contributed by atoms with E-state index in [4.69, 9.17) is 17.0 Å². The van der Waals surface area contributed by atoms with Crippen molar-refractivity contribution in [3.63, 3.8) is 0 Å². The second kappa shape index (κ2) is 9.90. The lowest BCUT2D eigenvalue weighted by atomic mass is 9.96. The first-order valence-corrected chi connectivity index (χ1v) is 12.7. The van der Waals surface area contributed by atoms with E-state index in [0.29, 0.717) is 10.9 Å². The minimum absolute atomic E-state index is 0.0187. The molecule has 0 unspecified atom stereocenters. The molecule has 2 aromatic carbocycles. The number of nitrogens with zero attached hydrogens (tertiary/aromatic N) is 4. The van der Waals surface area contributed by atoms with Crippen LogP contribution in [0.5, 0.6) is 5.75 Å². The summed E-state index contributed by atoms with van der Waals surface area (Å²) in [4.78, 5) is 17.8. The van der Waals surface area contributed by atoms with Gasteiger partial charge in [0.05, 0.1) is 41.6 Å². The van der Waals surface area contributed by atoms with Gasteiger partial charge < -0.3 is 19.5 Å². The standard InChI is InChI=1S/C29H29N5O3S/c1-17-12-18(2)14-22(13-17)33-28(27(31-29(33)38)24-8-6-7-11-30-24)23-15-19(3)32(20(23)4)25-10-9-21(34(35)36)16-26(25)37-5/h6-16,27-28H,1-5H3,(H,31,38)/t27-,28-/m0/s1. The zero-order chi connectivity index (χ0) is 27.1. The van der Waals surface area contributed by atoms with Crippen LogP contribution in [-0.4, -0.2) is 26.7 Å². The fourth-order valence-electron chi connectivity index (χ4n) is 5.46. The van der Waals surface area contributed by atoms with Gasteiger partial charge in [0.25, 0.3) is 5.69 Å². The minimum atomic E-state index is -0.419. The van der Waals surface area contributed by atoms with Crippen LogP contribution in [0.25, 0.3) is 5.69 Å². The van der Waals surface area contributed by atoms with Gasteiger partial charge in [-0.1, -0.05) is 12.1 Å². The summed E-state index contributed by atoms with van der Waals surface area (Å²) in [6.45, 7) is 8.25. The summed E-state index contributed by atoms with van der Waals surface area (Å²) in [5.74, 6) is 0.431. The highest BCUT2D eigenvalue weighted by Gasteiger charge is 2.42. The molecule has 2 atom stereocenters. The largest absolute Gasteiger partial charge is 0.494 e. The highest BCUT2D eigenvalue weighted by molar-refractivity contribution is 7.80. The average molecular weight is 528 g/mol. The van der Waals surface area contributed by atoms with Gasteiger partial charge in [0, 0.05) is 29.3 Å². The Balaban J connectivity index is 1.70. The molecular formula is C29H29N5O3S. The normalized spacial score (nSPS) is 17.0. The Morgan fingerprint density at radius 3 is 2.39 bits per heavy atom. The minimum Gasteiger partial charge on any atom is -0.494 e. The van der Waals surface area contributed by atoms with E-state index >= 15 is 0 Å². The van der Waals surface area contributed by atoms with Gasteiger partial charge in [-0.25, -0.2) is 0 Å². The lowest BCUT2D eigenvalue weighted by Crippen LogP contribution is -2.29. The maximum absolute atomic E-state index is 11.4. The Bertz CT molecular complexity index is 1530. The van der Waals surface area contributed by atoms with Crippen LogP contribution in [0, 0.1) is 37.8 Å². The van der Waals surface area contributed by atoms with E-state index in [-0.39, 0.29) is 17.8 Å². The predicted molar refractivity (Wildman–Crippen MR) is 152 cm³/mol. The molecule has 38 heavy (non-hydrogen) atoms. The maximum Gasteiger partial charge on any atom is 0.273 e. The molecule has 5 rings (SSSR count). The van der Waals surface area contributed by atoms with Crippen molar-refractivity contribution in [1.82, 2.24) is 14.9 Å². The number of methoxy groups -OCH3 is 1. The smallest absolute Gasteiger partial charge is 0.273 e. The molecule has 0 spiro atoms. The van der Waals surface area contributed by atoms with Gasteiger partial charge in [0.15, 0.2) is 5.11 Å². The van der Waals surface area contributed by atoms with E-state index in [9.17, 15) is 10.1 Å². The summed E-state index contributed by atoms with van der Waals surface area (Å²) in [6.07, 6.45) is 1.79. The first-order chi connectivity index (χ1) is 18.2. The van der Waals surface area contributed by atoms with Crippen molar-refractivity contribution in [2.45, 2.75) is 39.8 Å². The third kappa shape index (κ3) is 4.39. The fourth-order valence-corrected chi connectivity index (χ4v) is 5.81. The Kier molecular flexibility index (Phi) is 6.62. The number of hydrogen-bond donors (Lipinski definition) is 1. The Morgan fingerprint density at radius 1 is 1.03 bits per heavy atom. The summed E-state index contributed by atoms with van der Waals surface area (Å²) in [5.41, 5.74) is 7.97. The number of nitro groups is 1. The monoisotopic (exact) mass is 527 g/mol. The Hall–Kier alpha value is -4.24. The Morgan fingerprint density at radius 2 is 1.76 bits per heavy atom. The fraction of sp³-hybridized carbons (Fsp3) is 0.241. The van der Waals surface area contributed by atoms with Crippen LogP contribution in [0.3, 0.4) is 0 Å². The van der Waals surface area contributed by atoms with E-state index in [0.717, 1.165) is 45.1 Å². The average Bonchev–Trinajstić information content (AvgIpc) is 3.38. The van der Waals surface area contributed by atoms with Crippen LogP contribution >= 0.6 is 12.2 Å². The molecule has 0 aliphatic carbocycles. The molecule has 1 aliphatic rings. The lowest BCUT2D eigenvalue weighted by molar-refractivity contribution is -0.384. The number of rotatable bonds is 6. The molecule has 0 saturated carbocycles. The quantitative estimate of drug-likeness (QED) is 0.182. The van der Waals surface area contributed by atoms with Crippen molar-refractivity contribution < 1.29 is 9.66 Å². The zero-order valence-corrected chi connectivity index (χ0v) is 22.7. The number of non-ortho nitro benzene ring substituents is 1. The number of thiocarbonyl (C=S) groups is 1. The van der Waals surface area contributed by atoms with Gasteiger partial charge in [-0.3, -0.25) is 15.1 Å². The van der Waals surface area contributed by atoms with E-state index in [1.165, 1.54) is 19.2 Å². The molecule has 9 heteroatoms. The van der Waals surface area contributed by atoms with Crippen molar-refractivity contribution in [1.29, 1.82) is 0 Å². The molecular weight excluding hydrogens is 498 g/mol. The molecule has 194 valence electrons. The SMILES string of the molecule is COc1cc([N+](=O)[O-])ccc1-n1c(C)cc([C@H]2[C@H](c3ccccn3)NC(=S)N2c2cc(C)cc(C)c2)c1C. The van der Waals surface area contributed by atoms with Crippen LogP contribution in [0.4, 0.5) is 11.4 Å². The van der Waals surface area contributed by atoms with Crippen molar-refractivity contribution >= 4 is 28.7 Å². The number of hydrogen-bond acceptors (Lipinski definition) is 5. The topological polar surface area (TPSA) is 85.5 Å². The second-order valence-corrected chi connectivity index (χ2v) is 10.0. The molecule has 1 saturated heterocycles. The van der Waals surface area contributed by atoms with Crippen molar-refractivity contribution in [3.05, 3.63) is 111 Å². The second-order valence-electron chi connectivity index (χ2n) is 9.62. The summed E-state index contributed by atoms with van der Waals surface area (Å²) in [6, 6.07) is 18.8. The maximum atomic E-state index is 11.4. The van der Waals surface area contributed by atoms with Crippen LogP contribution < -0.4 is 15.0 Å². The molecule has 4 aromatic rings. The summed E-state index contributed by atoms with van der Waals surface area (Å²) >= 11 is 5.91. The molecule has 2 aromatic heterocycles. The van der Waals surface area contributed by atoms with E-state index in [1.807, 2.05) is 25.1 Å². The first-order valence-electron chi connectivity index (χ1n) is 12.3. The highest BCUT2D eigenvalue weighted by atomic mass is 32.1. The van der Waals surface area contributed by atoms with Crippen LogP contribution in [-0.2, 0) is 0 Å². The number of benzene rings is 2. The molecule has 1 fully saturated rings.